The summed E-state index contributed by atoms with van der Waals surface area (Å²) in [5, 5.41) is 9.07. The van der Waals surface area contributed by atoms with Gasteiger partial charge in [-0.3, -0.25) is 4.79 Å². The van der Waals surface area contributed by atoms with Crippen LogP contribution in [0.2, 0.25) is 0 Å². The highest BCUT2D eigenvalue weighted by Crippen LogP contribution is 2.50. The number of nitrogens with zero attached hydrogens (tertiary/aromatic N) is 1. The summed E-state index contributed by atoms with van der Waals surface area (Å²) < 4.78 is 6.00. The average Bonchev–Trinajstić information content (AvgIpc) is 2.27. The SMILES string of the molecule is CC1CCC2(C)C=C(C#N)C(=O)C(C)(C)C2O1. The van der Waals surface area contributed by atoms with Gasteiger partial charge in [-0.2, -0.15) is 5.26 Å². The van der Waals surface area contributed by atoms with Crippen LogP contribution >= 0.6 is 0 Å². The van der Waals surface area contributed by atoms with Crippen molar-refractivity contribution in [3.05, 3.63) is 11.6 Å². The number of Topliss-reactive ketones (excluding diaryl/α,β-unsaturated/α-hetero) is 1. The minimum absolute atomic E-state index is 0.0865. The van der Waals surface area contributed by atoms with Crippen molar-refractivity contribution in [3.63, 3.8) is 0 Å². The maximum atomic E-state index is 12.2. The van der Waals surface area contributed by atoms with E-state index >= 15 is 0 Å². The van der Waals surface area contributed by atoms with Crippen LogP contribution in [0.3, 0.4) is 0 Å². The standard InChI is InChI=1S/C14H19NO2/c1-9-5-6-14(4)7-10(8-15)11(16)13(2,3)12(14)17-9/h7,9,12H,5-6H2,1-4H3. The Morgan fingerprint density at radius 3 is 2.71 bits per heavy atom. The number of fused-ring (bicyclic) bond motifs is 1. The van der Waals surface area contributed by atoms with Crippen molar-refractivity contribution >= 4 is 5.78 Å². The van der Waals surface area contributed by atoms with E-state index in [9.17, 15) is 4.79 Å². The summed E-state index contributed by atoms with van der Waals surface area (Å²) in [5.74, 6) is -0.0865. The van der Waals surface area contributed by atoms with Crippen molar-refractivity contribution in [1.29, 1.82) is 5.26 Å². The molecule has 2 rings (SSSR count). The molecule has 1 aliphatic heterocycles. The number of nitriles is 1. The molecule has 3 heteroatoms. The van der Waals surface area contributed by atoms with Gasteiger partial charge in [0.25, 0.3) is 0 Å². The number of hydrogen-bond acceptors (Lipinski definition) is 3. The second-order valence-electron chi connectivity index (χ2n) is 6.09. The van der Waals surface area contributed by atoms with Gasteiger partial charge in [-0.05, 0) is 33.6 Å². The van der Waals surface area contributed by atoms with E-state index in [1.54, 1.807) is 0 Å². The van der Waals surface area contributed by atoms with Gasteiger partial charge in [0.1, 0.15) is 6.07 Å². The molecular weight excluding hydrogens is 214 g/mol. The monoisotopic (exact) mass is 233 g/mol. The number of ether oxygens (including phenoxy) is 1. The van der Waals surface area contributed by atoms with Crippen molar-refractivity contribution in [2.24, 2.45) is 10.8 Å². The first-order valence-corrected chi connectivity index (χ1v) is 6.14. The van der Waals surface area contributed by atoms with Crippen LogP contribution in [-0.2, 0) is 9.53 Å². The van der Waals surface area contributed by atoms with E-state index in [0.29, 0.717) is 5.57 Å². The molecule has 0 aromatic carbocycles. The molecule has 3 atom stereocenters. The van der Waals surface area contributed by atoms with Gasteiger partial charge in [-0.25, -0.2) is 0 Å². The Kier molecular flexibility index (Phi) is 2.67. The van der Waals surface area contributed by atoms with E-state index in [1.807, 2.05) is 32.9 Å². The molecule has 0 aromatic rings. The first-order chi connectivity index (χ1) is 7.81. The summed E-state index contributed by atoms with van der Waals surface area (Å²) >= 11 is 0. The van der Waals surface area contributed by atoms with Crippen LogP contribution in [0.15, 0.2) is 11.6 Å². The van der Waals surface area contributed by atoms with Crippen molar-refractivity contribution < 1.29 is 9.53 Å². The lowest BCUT2D eigenvalue weighted by Crippen LogP contribution is -2.55. The molecular formula is C14H19NO2. The van der Waals surface area contributed by atoms with E-state index < -0.39 is 5.41 Å². The third kappa shape index (κ3) is 1.71. The first-order valence-electron chi connectivity index (χ1n) is 6.14. The van der Waals surface area contributed by atoms with Crippen LogP contribution in [0.4, 0.5) is 0 Å². The zero-order chi connectivity index (χ0) is 12.8. The molecule has 1 saturated heterocycles. The molecule has 92 valence electrons. The third-order valence-electron chi connectivity index (χ3n) is 4.14. The highest BCUT2D eigenvalue weighted by atomic mass is 16.5. The Balaban J connectivity index is 2.51. The Morgan fingerprint density at radius 2 is 2.12 bits per heavy atom. The summed E-state index contributed by atoms with van der Waals surface area (Å²) in [6.07, 6.45) is 3.85. The summed E-state index contributed by atoms with van der Waals surface area (Å²) in [6, 6.07) is 2.03. The van der Waals surface area contributed by atoms with E-state index in [2.05, 4.69) is 6.92 Å². The highest BCUT2D eigenvalue weighted by Gasteiger charge is 2.54. The Bertz CT molecular complexity index is 430. The van der Waals surface area contributed by atoms with Crippen molar-refractivity contribution in [3.8, 4) is 6.07 Å². The minimum atomic E-state index is -0.608. The van der Waals surface area contributed by atoms with Gasteiger partial charge in [0.05, 0.1) is 23.2 Å². The van der Waals surface area contributed by atoms with Gasteiger partial charge in [0.15, 0.2) is 5.78 Å². The van der Waals surface area contributed by atoms with Crippen LogP contribution in [0.5, 0.6) is 0 Å². The van der Waals surface area contributed by atoms with Crippen LogP contribution in [-0.4, -0.2) is 18.0 Å². The van der Waals surface area contributed by atoms with Crippen molar-refractivity contribution in [2.45, 2.75) is 52.7 Å². The second kappa shape index (κ2) is 3.68. The second-order valence-corrected chi connectivity index (χ2v) is 6.09. The molecule has 0 aromatic heterocycles. The van der Waals surface area contributed by atoms with Crippen molar-refractivity contribution in [1.82, 2.24) is 0 Å². The minimum Gasteiger partial charge on any atom is -0.373 e. The number of allylic oxidation sites excluding steroid dienone is 1. The number of carbonyl (C=O) groups excluding carboxylic acids is 1. The molecule has 1 aliphatic carbocycles. The molecule has 17 heavy (non-hydrogen) atoms. The molecule has 0 spiro atoms. The van der Waals surface area contributed by atoms with Gasteiger partial charge >= 0.3 is 0 Å². The molecule has 2 aliphatic rings. The summed E-state index contributed by atoms with van der Waals surface area (Å²) in [6.45, 7) is 7.92. The van der Waals surface area contributed by atoms with Crippen LogP contribution < -0.4 is 0 Å². The van der Waals surface area contributed by atoms with Gasteiger partial charge in [-0.1, -0.05) is 13.0 Å². The quantitative estimate of drug-likeness (QED) is 0.646. The fourth-order valence-electron chi connectivity index (χ4n) is 3.19. The molecule has 1 heterocycles. The number of rotatable bonds is 0. The van der Waals surface area contributed by atoms with Crippen LogP contribution in [0.1, 0.15) is 40.5 Å². The van der Waals surface area contributed by atoms with Crippen LogP contribution in [0.25, 0.3) is 0 Å². The largest absolute Gasteiger partial charge is 0.373 e. The first kappa shape index (κ1) is 12.3. The predicted molar refractivity (Wildman–Crippen MR) is 64.2 cm³/mol. The molecule has 0 amide bonds. The Labute approximate surface area is 102 Å². The predicted octanol–water partition coefficient (Wildman–Crippen LogP) is 2.62. The Hall–Kier alpha value is -1.14. The van der Waals surface area contributed by atoms with Gasteiger partial charge in [0.2, 0.25) is 0 Å². The van der Waals surface area contributed by atoms with Crippen LogP contribution in [0, 0.1) is 22.2 Å². The maximum Gasteiger partial charge on any atom is 0.181 e. The van der Waals surface area contributed by atoms with Gasteiger partial charge in [0, 0.05) is 5.41 Å². The summed E-state index contributed by atoms with van der Waals surface area (Å²) in [7, 11) is 0. The fourth-order valence-corrected chi connectivity index (χ4v) is 3.19. The van der Waals surface area contributed by atoms with Gasteiger partial charge < -0.3 is 4.74 Å². The zero-order valence-corrected chi connectivity index (χ0v) is 10.9. The molecule has 0 radical (unpaired) electrons. The molecule has 3 unspecified atom stereocenters. The van der Waals surface area contributed by atoms with E-state index in [4.69, 9.17) is 10.00 Å². The van der Waals surface area contributed by atoms with E-state index in [1.165, 1.54) is 0 Å². The van der Waals surface area contributed by atoms with Gasteiger partial charge in [-0.15, -0.1) is 0 Å². The van der Waals surface area contributed by atoms with E-state index in [0.717, 1.165) is 12.8 Å². The molecule has 0 bridgehead atoms. The van der Waals surface area contributed by atoms with Crippen molar-refractivity contribution in [2.75, 3.05) is 0 Å². The summed E-state index contributed by atoms with van der Waals surface area (Å²) in [5.41, 5.74) is -0.495. The normalized spacial score (nSPS) is 40.2. The average molecular weight is 233 g/mol. The molecule has 0 saturated carbocycles. The topological polar surface area (TPSA) is 50.1 Å². The fraction of sp³-hybridized carbons (Fsp3) is 0.714. The molecule has 1 fully saturated rings. The molecule has 3 nitrogen and oxygen atoms in total. The lowest BCUT2D eigenvalue weighted by Gasteiger charge is -2.51. The smallest absolute Gasteiger partial charge is 0.181 e. The summed E-state index contributed by atoms with van der Waals surface area (Å²) in [4.78, 5) is 12.2. The lowest BCUT2D eigenvalue weighted by molar-refractivity contribution is -0.167. The van der Waals surface area contributed by atoms with E-state index in [-0.39, 0.29) is 23.4 Å². The lowest BCUT2D eigenvalue weighted by atomic mass is 9.60. The highest BCUT2D eigenvalue weighted by molar-refractivity contribution is 6.04. The number of hydrogen-bond donors (Lipinski definition) is 0. The number of carbonyl (C=O) groups is 1. The number of ketones is 1. The maximum absolute atomic E-state index is 12.2. The third-order valence-corrected chi connectivity index (χ3v) is 4.14. The Morgan fingerprint density at radius 1 is 1.47 bits per heavy atom. The molecule has 0 N–H and O–H groups in total. The zero-order valence-electron chi connectivity index (χ0n) is 10.9.